The lowest BCUT2D eigenvalue weighted by atomic mass is 10.1. The predicted molar refractivity (Wildman–Crippen MR) is 65.9 cm³/mol. The molecule has 0 bridgehead atoms. The molecular formula is C13H20N2O. The van der Waals surface area contributed by atoms with Gasteiger partial charge in [0, 0.05) is 0 Å². The van der Waals surface area contributed by atoms with Crippen LogP contribution in [0.4, 0.5) is 0 Å². The van der Waals surface area contributed by atoms with E-state index in [1.807, 2.05) is 30.3 Å². The molecule has 0 aliphatic rings. The highest BCUT2D eigenvalue weighted by atomic mass is 16.1. The standard InChI is InChI=1S/C13H20N2O/c1-2-3-7-10-15-12(13(14)16)11-8-5-4-6-9-11/h4-6,8-9,12,15H,2-3,7,10H2,1H3,(H2,14,16)/t12-/m0/s1. The summed E-state index contributed by atoms with van der Waals surface area (Å²) in [6.45, 7) is 2.99. The van der Waals surface area contributed by atoms with Crippen molar-refractivity contribution in [1.82, 2.24) is 5.32 Å². The topological polar surface area (TPSA) is 55.1 Å². The van der Waals surface area contributed by atoms with E-state index in [0.717, 1.165) is 18.5 Å². The van der Waals surface area contributed by atoms with E-state index in [1.54, 1.807) is 0 Å². The summed E-state index contributed by atoms with van der Waals surface area (Å²) in [5.74, 6) is -0.317. The zero-order valence-corrected chi connectivity index (χ0v) is 9.78. The van der Waals surface area contributed by atoms with Crippen LogP contribution in [-0.2, 0) is 4.79 Å². The van der Waals surface area contributed by atoms with E-state index in [4.69, 9.17) is 5.73 Å². The fourth-order valence-electron chi connectivity index (χ4n) is 1.65. The smallest absolute Gasteiger partial charge is 0.239 e. The Hall–Kier alpha value is -1.35. The number of rotatable bonds is 7. The van der Waals surface area contributed by atoms with Crippen molar-refractivity contribution < 1.29 is 4.79 Å². The summed E-state index contributed by atoms with van der Waals surface area (Å²) in [4.78, 5) is 11.3. The molecule has 0 aliphatic carbocycles. The molecule has 0 aliphatic heterocycles. The third-order valence-electron chi connectivity index (χ3n) is 2.55. The lowest BCUT2D eigenvalue weighted by Gasteiger charge is -2.15. The van der Waals surface area contributed by atoms with Crippen LogP contribution in [0.3, 0.4) is 0 Å². The number of nitrogens with one attached hydrogen (secondary N) is 1. The second-order valence-corrected chi connectivity index (χ2v) is 3.91. The first-order valence-corrected chi connectivity index (χ1v) is 5.83. The van der Waals surface area contributed by atoms with Crippen LogP contribution < -0.4 is 11.1 Å². The molecule has 3 heteroatoms. The minimum absolute atomic E-state index is 0.317. The van der Waals surface area contributed by atoms with Crippen molar-refractivity contribution in [2.45, 2.75) is 32.2 Å². The van der Waals surface area contributed by atoms with E-state index >= 15 is 0 Å². The maximum absolute atomic E-state index is 11.3. The van der Waals surface area contributed by atoms with Gasteiger partial charge in [-0.1, -0.05) is 50.1 Å². The summed E-state index contributed by atoms with van der Waals surface area (Å²) in [5.41, 5.74) is 6.32. The summed E-state index contributed by atoms with van der Waals surface area (Å²) in [7, 11) is 0. The monoisotopic (exact) mass is 220 g/mol. The molecule has 0 saturated carbocycles. The van der Waals surface area contributed by atoms with Gasteiger partial charge in [0.15, 0.2) is 0 Å². The Morgan fingerprint density at radius 1 is 1.31 bits per heavy atom. The minimum atomic E-state index is -0.363. The molecule has 1 atom stereocenters. The van der Waals surface area contributed by atoms with Crippen LogP contribution in [0.5, 0.6) is 0 Å². The molecule has 1 aromatic rings. The van der Waals surface area contributed by atoms with E-state index < -0.39 is 0 Å². The Kier molecular flexibility index (Phi) is 5.57. The Labute approximate surface area is 97.0 Å². The number of carbonyl (C=O) groups is 1. The average molecular weight is 220 g/mol. The highest BCUT2D eigenvalue weighted by molar-refractivity contribution is 5.81. The maximum Gasteiger partial charge on any atom is 0.239 e. The molecule has 0 radical (unpaired) electrons. The zero-order valence-electron chi connectivity index (χ0n) is 9.78. The molecule has 1 aromatic carbocycles. The molecule has 1 rings (SSSR count). The van der Waals surface area contributed by atoms with Gasteiger partial charge < -0.3 is 11.1 Å². The molecule has 0 saturated heterocycles. The van der Waals surface area contributed by atoms with Crippen LogP contribution in [-0.4, -0.2) is 12.5 Å². The Bertz CT molecular complexity index is 311. The van der Waals surface area contributed by atoms with E-state index in [-0.39, 0.29) is 11.9 Å². The molecule has 0 unspecified atom stereocenters. The summed E-state index contributed by atoms with van der Waals surface area (Å²) < 4.78 is 0. The first-order chi connectivity index (χ1) is 7.75. The van der Waals surface area contributed by atoms with E-state index in [1.165, 1.54) is 12.8 Å². The van der Waals surface area contributed by atoms with Gasteiger partial charge in [0.05, 0.1) is 0 Å². The van der Waals surface area contributed by atoms with Crippen molar-refractivity contribution in [3.63, 3.8) is 0 Å². The van der Waals surface area contributed by atoms with Gasteiger partial charge in [0.1, 0.15) is 6.04 Å². The molecule has 0 heterocycles. The SMILES string of the molecule is CCCCCN[C@H](C(N)=O)c1ccccc1. The molecular weight excluding hydrogens is 200 g/mol. The number of unbranched alkanes of at least 4 members (excludes halogenated alkanes) is 2. The average Bonchev–Trinajstić information content (AvgIpc) is 2.30. The number of hydrogen-bond donors (Lipinski definition) is 2. The van der Waals surface area contributed by atoms with Crippen molar-refractivity contribution in [2.24, 2.45) is 5.73 Å². The lowest BCUT2D eigenvalue weighted by molar-refractivity contribution is -0.120. The van der Waals surface area contributed by atoms with Crippen molar-refractivity contribution in [3.8, 4) is 0 Å². The van der Waals surface area contributed by atoms with Crippen molar-refractivity contribution in [2.75, 3.05) is 6.54 Å². The third-order valence-corrected chi connectivity index (χ3v) is 2.55. The van der Waals surface area contributed by atoms with Crippen LogP contribution in [0.1, 0.15) is 37.8 Å². The number of hydrogen-bond acceptors (Lipinski definition) is 2. The number of benzene rings is 1. The number of primary amides is 1. The van der Waals surface area contributed by atoms with Gasteiger partial charge in [-0.2, -0.15) is 0 Å². The molecule has 1 amide bonds. The van der Waals surface area contributed by atoms with Gasteiger partial charge in [-0.15, -0.1) is 0 Å². The van der Waals surface area contributed by atoms with Gasteiger partial charge in [0.25, 0.3) is 0 Å². The lowest BCUT2D eigenvalue weighted by Crippen LogP contribution is -2.34. The largest absolute Gasteiger partial charge is 0.368 e. The molecule has 0 spiro atoms. The third kappa shape index (κ3) is 4.03. The summed E-state index contributed by atoms with van der Waals surface area (Å²) >= 11 is 0. The van der Waals surface area contributed by atoms with Crippen LogP contribution in [0, 0.1) is 0 Å². The van der Waals surface area contributed by atoms with Crippen LogP contribution in [0.25, 0.3) is 0 Å². The molecule has 0 fully saturated rings. The Morgan fingerprint density at radius 3 is 2.56 bits per heavy atom. The maximum atomic E-state index is 11.3. The second kappa shape index (κ2) is 7.01. The molecule has 0 aromatic heterocycles. The van der Waals surface area contributed by atoms with Gasteiger partial charge in [-0.05, 0) is 18.5 Å². The fraction of sp³-hybridized carbons (Fsp3) is 0.462. The van der Waals surface area contributed by atoms with Crippen molar-refractivity contribution in [1.29, 1.82) is 0 Å². The quantitative estimate of drug-likeness (QED) is 0.690. The van der Waals surface area contributed by atoms with Gasteiger partial charge in [0.2, 0.25) is 5.91 Å². The van der Waals surface area contributed by atoms with E-state index in [2.05, 4.69) is 12.2 Å². The van der Waals surface area contributed by atoms with Gasteiger partial charge in [-0.3, -0.25) is 4.79 Å². The van der Waals surface area contributed by atoms with Crippen molar-refractivity contribution in [3.05, 3.63) is 35.9 Å². The highest BCUT2D eigenvalue weighted by Gasteiger charge is 2.15. The van der Waals surface area contributed by atoms with Gasteiger partial charge >= 0.3 is 0 Å². The minimum Gasteiger partial charge on any atom is -0.368 e. The van der Waals surface area contributed by atoms with Gasteiger partial charge in [-0.25, -0.2) is 0 Å². The van der Waals surface area contributed by atoms with E-state index in [9.17, 15) is 4.79 Å². The van der Waals surface area contributed by atoms with E-state index in [0.29, 0.717) is 0 Å². The number of nitrogens with two attached hydrogens (primary N) is 1. The fourth-order valence-corrected chi connectivity index (χ4v) is 1.65. The molecule has 3 nitrogen and oxygen atoms in total. The Morgan fingerprint density at radius 2 is 2.00 bits per heavy atom. The number of amides is 1. The van der Waals surface area contributed by atoms with Crippen LogP contribution in [0.2, 0.25) is 0 Å². The molecule has 16 heavy (non-hydrogen) atoms. The zero-order chi connectivity index (χ0) is 11.8. The Balaban J connectivity index is 2.52. The predicted octanol–water partition coefficient (Wildman–Crippen LogP) is 1.99. The summed E-state index contributed by atoms with van der Waals surface area (Å²) in [5, 5.41) is 3.20. The number of carbonyl (C=O) groups excluding carboxylic acids is 1. The van der Waals surface area contributed by atoms with Crippen LogP contribution in [0.15, 0.2) is 30.3 Å². The molecule has 3 N–H and O–H groups in total. The molecule has 88 valence electrons. The normalized spacial score (nSPS) is 12.3. The summed E-state index contributed by atoms with van der Waals surface area (Å²) in [6, 6.07) is 9.24. The van der Waals surface area contributed by atoms with Crippen molar-refractivity contribution >= 4 is 5.91 Å². The van der Waals surface area contributed by atoms with Crippen LogP contribution >= 0.6 is 0 Å². The summed E-state index contributed by atoms with van der Waals surface area (Å²) in [6.07, 6.45) is 3.43. The first-order valence-electron chi connectivity index (χ1n) is 5.83. The first kappa shape index (κ1) is 12.7. The highest BCUT2D eigenvalue weighted by Crippen LogP contribution is 2.11. The second-order valence-electron chi connectivity index (χ2n) is 3.91.